The highest BCUT2D eigenvalue weighted by molar-refractivity contribution is 9.10. The van der Waals surface area contributed by atoms with E-state index >= 15 is 0 Å². The summed E-state index contributed by atoms with van der Waals surface area (Å²) in [7, 11) is 1.57. The lowest BCUT2D eigenvalue weighted by Gasteiger charge is -2.13. The summed E-state index contributed by atoms with van der Waals surface area (Å²) in [6, 6.07) is 8.93. The molecule has 0 saturated heterocycles. The van der Waals surface area contributed by atoms with E-state index in [1.165, 1.54) is 11.3 Å². The molecule has 0 aliphatic rings. The van der Waals surface area contributed by atoms with E-state index in [4.69, 9.17) is 16.3 Å². The third-order valence-electron chi connectivity index (χ3n) is 2.79. The largest absolute Gasteiger partial charge is 0.497 e. The molecule has 0 spiro atoms. The maximum atomic E-state index is 12.3. The van der Waals surface area contributed by atoms with Crippen molar-refractivity contribution in [3.05, 3.63) is 49.6 Å². The molecule has 0 saturated carbocycles. The van der Waals surface area contributed by atoms with Crippen LogP contribution >= 0.6 is 38.9 Å². The van der Waals surface area contributed by atoms with E-state index in [1.807, 2.05) is 19.1 Å². The standard InChI is InChI=1S/C14H13BrClNO2S/c1-8(12-5-6-13(16)20-12)17-14(18)10-7-9(19-2)3-4-11(10)15/h3-8H,1-2H3,(H,17,18). The molecule has 106 valence electrons. The fourth-order valence-electron chi connectivity index (χ4n) is 1.71. The van der Waals surface area contributed by atoms with Gasteiger partial charge in [0.2, 0.25) is 0 Å². The van der Waals surface area contributed by atoms with E-state index in [-0.39, 0.29) is 11.9 Å². The molecule has 1 heterocycles. The molecule has 0 bridgehead atoms. The van der Waals surface area contributed by atoms with E-state index in [0.29, 0.717) is 15.6 Å². The summed E-state index contributed by atoms with van der Waals surface area (Å²) in [5.74, 6) is 0.484. The molecule has 1 atom stereocenters. The van der Waals surface area contributed by atoms with Gasteiger partial charge < -0.3 is 10.1 Å². The highest BCUT2D eigenvalue weighted by Gasteiger charge is 2.16. The number of benzene rings is 1. The number of carbonyl (C=O) groups excluding carboxylic acids is 1. The number of nitrogens with one attached hydrogen (secondary N) is 1. The molecule has 1 aromatic heterocycles. The van der Waals surface area contributed by atoms with E-state index in [0.717, 1.165) is 9.35 Å². The smallest absolute Gasteiger partial charge is 0.253 e. The second kappa shape index (κ2) is 6.61. The summed E-state index contributed by atoms with van der Waals surface area (Å²) in [5, 5.41) is 2.95. The summed E-state index contributed by atoms with van der Waals surface area (Å²) in [4.78, 5) is 13.3. The Morgan fingerprint density at radius 3 is 2.75 bits per heavy atom. The van der Waals surface area contributed by atoms with E-state index in [9.17, 15) is 4.79 Å². The summed E-state index contributed by atoms with van der Waals surface area (Å²) in [6.45, 7) is 1.92. The average Bonchev–Trinajstić information content (AvgIpc) is 2.86. The first-order valence-electron chi connectivity index (χ1n) is 5.91. The highest BCUT2D eigenvalue weighted by Crippen LogP contribution is 2.28. The molecule has 3 nitrogen and oxygen atoms in total. The lowest BCUT2D eigenvalue weighted by atomic mass is 10.2. The zero-order chi connectivity index (χ0) is 14.7. The third kappa shape index (κ3) is 3.53. The predicted molar refractivity (Wildman–Crippen MR) is 85.9 cm³/mol. The molecular formula is C14H13BrClNO2S. The van der Waals surface area contributed by atoms with Crippen LogP contribution in [0, 0.1) is 0 Å². The minimum Gasteiger partial charge on any atom is -0.497 e. The Kier molecular flexibility index (Phi) is 5.07. The average molecular weight is 375 g/mol. The Morgan fingerprint density at radius 1 is 1.40 bits per heavy atom. The second-order valence-corrected chi connectivity index (χ2v) is 6.78. The lowest BCUT2D eigenvalue weighted by Crippen LogP contribution is -2.26. The first kappa shape index (κ1) is 15.4. The highest BCUT2D eigenvalue weighted by atomic mass is 79.9. The molecule has 0 aliphatic carbocycles. The number of hydrogen-bond acceptors (Lipinski definition) is 3. The maximum Gasteiger partial charge on any atom is 0.253 e. The first-order chi connectivity index (χ1) is 9.51. The molecule has 2 rings (SSSR count). The molecule has 20 heavy (non-hydrogen) atoms. The number of rotatable bonds is 4. The van der Waals surface area contributed by atoms with Gasteiger partial charge in [0, 0.05) is 9.35 Å². The summed E-state index contributed by atoms with van der Waals surface area (Å²) < 4.78 is 6.58. The minimum absolute atomic E-state index is 0.0990. The van der Waals surface area contributed by atoms with Gasteiger partial charge in [-0.2, -0.15) is 0 Å². The summed E-state index contributed by atoms with van der Waals surface area (Å²) in [5.41, 5.74) is 0.541. The van der Waals surface area contributed by atoms with Crippen LogP contribution in [0.1, 0.15) is 28.2 Å². The quantitative estimate of drug-likeness (QED) is 0.845. The number of ether oxygens (including phenoxy) is 1. The van der Waals surface area contributed by atoms with Gasteiger partial charge >= 0.3 is 0 Å². The molecular weight excluding hydrogens is 362 g/mol. The van der Waals surface area contributed by atoms with Crippen molar-refractivity contribution in [3.8, 4) is 5.75 Å². The van der Waals surface area contributed by atoms with Crippen LogP contribution in [0.2, 0.25) is 4.34 Å². The Bertz CT molecular complexity index is 629. The number of hydrogen-bond donors (Lipinski definition) is 1. The normalized spacial score (nSPS) is 12.0. The van der Waals surface area contributed by atoms with Gasteiger partial charge in [-0.1, -0.05) is 11.6 Å². The fourth-order valence-corrected chi connectivity index (χ4v) is 3.20. The molecule has 0 radical (unpaired) electrons. The molecule has 0 fully saturated rings. The lowest BCUT2D eigenvalue weighted by molar-refractivity contribution is 0.0939. The molecule has 1 unspecified atom stereocenters. The Hall–Kier alpha value is -1.04. The zero-order valence-electron chi connectivity index (χ0n) is 10.9. The maximum absolute atomic E-state index is 12.3. The molecule has 0 aliphatic heterocycles. The van der Waals surface area contributed by atoms with Gasteiger partial charge in [0.1, 0.15) is 5.75 Å². The van der Waals surface area contributed by atoms with Crippen LogP contribution < -0.4 is 10.1 Å². The number of amides is 1. The van der Waals surface area contributed by atoms with Gasteiger partial charge in [0.05, 0.1) is 23.1 Å². The van der Waals surface area contributed by atoms with Gasteiger partial charge in [-0.25, -0.2) is 0 Å². The van der Waals surface area contributed by atoms with Crippen LogP contribution in [0.15, 0.2) is 34.8 Å². The molecule has 1 aromatic carbocycles. The minimum atomic E-state index is -0.159. The fraction of sp³-hybridized carbons (Fsp3) is 0.214. The summed E-state index contributed by atoms with van der Waals surface area (Å²) >= 11 is 10.7. The SMILES string of the molecule is COc1ccc(Br)c(C(=O)NC(C)c2ccc(Cl)s2)c1. The molecule has 1 amide bonds. The van der Waals surface area contributed by atoms with Crippen molar-refractivity contribution in [1.82, 2.24) is 5.32 Å². The first-order valence-corrected chi connectivity index (χ1v) is 7.89. The molecule has 2 aromatic rings. The van der Waals surface area contributed by atoms with Gasteiger partial charge in [-0.05, 0) is 53.2 Å². The van der Waals surface area contributed by atoms with E-state index in [1.54, 1.807) is 25.3 Å². The predicted octanol–water partition coefficient (Wildman–Crippen LogP) is 4.66. The van der Waals surface area contributed by atoms with Crippen LogP contribution in [-0.2, 0) is 0 Å². The number of halogens is 2. The van der Waals surface area contributed by atoms with Gasteiger partial charge in [0.25, 0.3) is 5.91 Å². The number of carbonyl (C=O) groups is 1. The third-order valence-corrected chi connectivity index (χ3v) is 4.89. The topological polar surface area (TPSA) is 38.3 Å². The summed E-state index contributed by atoms with van der Waals surface area (Å²) in [6.07, 6.45) is 0. The van der Waals surface area contributed by atoms with Gasteiger partial charge in [-0.15, -0.1) is 11.3 Å². The van der Waals surface area contributed by atoms with Crippen molar-refractivity contribution >= 4 is 44.8 Å². The van der Waals surface area contributed by atoms with Gasteiger partial charge in [0.15, 0.2) is 0 Å². The van der Waals surface area contributed by atoms with E-state index < -0.39 is 0 Å². The molecule has 6 heteroatoms. The van der Waals surface area contributed by atoms with Crippen molar-refractivity contribution in [1.29, 1.82) is 0 Å². The van der Waals surface area contributed by atoms with Crippen molar-refractivity contribution in [2.75, 3.05) is 7.11 Å². The van der Waals surface area contributed by atoms with Crippen molar-refractivity contribution in [2.24, 2.45) is 0 Å². The van der Waals surface area contributed by atoms with Crippen LogP contribution in [0.3, 0.4) is 0 Å². The van der Waals surface area contributed by atoms with Crippen LogP contribution in [0.5, 0.6) is 5.75 Å². The second-order valence-electron chi connectivity index (χ2n) is 4.18. The van der Waals surface area contributed by atoms with Crippen LogP contribution in [0.25, 0.3) is 0 Å². The number of methoxy groups -OCH3 is 1. The Labute approximate surface area is 135 Å². The van der Waals surface area contributed by atoms with Crippen molar-refractivity contribution < 1.29 is 9.53 Å². The van der Waals surface area contributed by atoms with E-state index in [2.05, 4.69) is 21.2 Å². The van der Waals surface area contributed by atoms with Crippen LogP contribution in [-0.4, -0.2) is 13.0 Å². The zero-order valence-corrected chi connectivity index (χ0v) is 14.1. The van der Waals surface area contributed by atoms with Crippen molar-refractivity contribution in [2.45, 2.75) is 13.0 Å². The monoisotopic (exact) mass is 373 g/mol. The van der Waals surface area contributed by atoms with Gasteiger partial charge in [-0.3, -0.25) is 4.79 Å². The van der Waals surface area contributed by atoms with Crippen molar-refractivity contribution in [3.63, 3.8) is 0 Å². The number of thiophene rings is 1. The Balaban J connectivity index is 2.15. The van der Waals surface area contributed by atoms with Crippen LogP contribution in [0.4, 0.5) is 0 Å². The molecule has 1 N–H and O–H groups in total. The Morgan fingerprint density at radius 2 is 2.15 bits per heavy atom.